The van der Waals surface area contributed by atoms with E-state index in [1.54, 1.807) is 66.7 Å². The van der Waals surface area contributed by atoms with Gasteiger partial charge < -0.3 is 16.0 Å². The lowest BCUT2D eigenvalue weighted by atomic mass is 10.1. The summed E-state index contributed by atoms with van der Waals surface area (Å²) in [5.41, 5.74) is 2.29. The predicted molar refractivity (Wildman–Crippen MR) is 176 cm³/mol. The van der Waals surface area contributed by atoms with Crippen LogP contribution in [0, 0.1) is 0 Å². The van der Waals surface area contributed by atoms with Crippen molar-refractivity contribution in [1.82, 2.24) is 5.32 Å². The van der Waals surface area contributed by atoms with Crippen molar-refractivity contribution in [1.29, 1.82) is 0 Å². The van der Waals surface area contributed by atoms with Crippen molar-refractivity contribution >= 4 is 86.1 Å². The molecule has 0 heterocycles. The average molecular weight is 683 g/mol. The summed E-state index contributed by atoms with van der Waals surface area (Å²) < 4.78 is 0.837. The molecule has 0 radical (unpaired) electrons. The Bertz CT molecular complexity index is 1630. The van der Waals surface area contributed by atoms with Crippen LogP contribution in [-0.4, -0.2) is 23.0 Å². The van der Waals surface area contributed by atoms with Crippen LogP contribution >= 0.6 is 50.9 Å². The number of hydrogen-bond donors (Lipinski definition) is 3. The summed E-state index contributed by atoms with van der Waals surface area (Å²) >= 11 is 16.9. The Morgan fingerprint density at radius 2 is 1.57 bits per heavy atom. The van der Waals surface area contributed by atoms with Crippen LogP contribution in [0.2, 0.25) is 10.0 Å². The molecule has 4 rings (SSSR count). The molecule has 0 fully saturated rings. The Kier molecular flexibility index (Phi) is 11.3. The number of thioether (sulfide) groups is 1. The molecule has 0 aliphatic heterocycles. The van der Waals surface area contributed by atoms with Crippen LogP contribution in [0.3, 0.4) is 0 Å². The summed E-state index contributed by atoms with van der Waals surface area (Å²) in [6.45, 7) is 1.92. The molecule has 0 spiro atoms. The minimum atomic E-state index is -0.495. The van der Waals surface area contributed by atoms with Gasteiger partial charge in [0.15, 0.2) is 0 Å². The zero-order valence-electron chi connectivity index (χ0n) is 22.4. The molecule has 10 heteroatoms. The van der Waals surface area contributed by atoms with E-state index < -0.39 is 17.1 Å². The second kappa shape index (κ2) is 15.1. The fourth-order valence-corrected chi connectivity index (χ4v) is 5.56. The molecule has 1 unspecified atom stereocenters. The van der Waals surface area contributed by atoms with E-state index in [9.17, 15) is 14.4 Å². The first-order valence-electron chi connectivity index (χ1n) is 12.9. The molecule has 0 saturated heterocycles. The van der Waals surface area contributed by atoms with Crippen molar-refractivity contribution in [2.24, 2.45) is 0 Å². The Morgan fingerprint density at radius 3 is 2.29 bits per heavy atom. The van der Waals surface area contributed by atoms with Crippen molar-refractivity contribution in [3.05, 3.63) is 128 Å². The van der Waals surface area contributed by atoms with Gasteiger partial charge in [0.25, 0.3) is 11.8 Å². The molecular formula is C32H26BrCl2N3O3S. The lowest BCUT2D eigenvalue weighted by Gasteiger charge is -2.16. The van der Waals surface area contributed by atoms with Gasteiger partial charge in [0.2, 0.25) is 5.91 Å². The summed E-state index contributed by atoms with van der Waals surface area (Å²) in [6, 6.07) is 28.2. The van der Waals surface area contributed by atoms with Crippen LogP contribution in [0.4, 0.5) is 11.4 Å². The minimum absolute atomic E-state index is 0.0763. The maximum atomic E-state index is 13.4. The number of nitrogens with one attached hydrogen (secondary N) is 3. The third-order valence-corrected chi connectivity index (χ3v) is 8.50. The summed E-state index contributed by atoms with van der Waals surface area (Å²) in [5, 5.41) is 8.85. The topological polar surface area (TPSA) is 87.3 Å². The highest BCUT2D eigenvalue weighted by Crippen LogP contribution is 2.30. The van der Waals surface area contributed by atoms with Crippen molar-refractivity contribution in [2.45, 2.75) is 23.5 Å². The molecule has 1 atom stereocenters. The van der Waals surface area contributed by atoms with E-state index in [0.717, 1.165) is 14.9 Å². The first-order valence-corrected chi connectivity index (χ1v) is 15.3. The lowest BCUT2D eigenvalue weighted by Crippen LogP contribution is -2.30. The third kappa shape index (κ3) is 8.97. The molecule has 0 bridgehead atoms. The standard InChI is InChI=1S/C32H26BrCl2N3O3S/c1-2-29(32(41)37-24-14-15-26(34)27(35)19-24)42-25-13-7-12-23(18-25)36-31(40)28(17-20-8-6-11-22(33)16-20)38-30(39)21-9-4-3-5-10-21/h3-19,29H,2H2,1H3,(H,36,40)(H,37,41)(H,38,39)/b28-17+. The highest BCUT2D eigenvalue weighted by molar-refractivity contribution is 9.10. The second-order valence-electron chi connectivity index (χ2n) is 9.05. The van der Waals surface area contributed by atoms with E-state index in [4.69, 9.17) is 23.2 Å². The van der Waals surface area contributed by atoms with Gasteiger partial charge in [0, 0.05) is 26.3 Å². The zero-order chi connectivity index (χ0) is 30.1. The van der Waals surface area contributed by atoms with Crippen LogP contribution in [0.1, 0.15) is 29.3 Å². The summed E-state index contributed by atoms with van der Waals surface area (Å²) in [4.78, 5) is 40.1. The van der Waals surface area contributed by atoms with Crippen molar-refractivity contribution < 1.29 is 14.4 Å². The average Bonchev–Trinajstić information content (AvgIpc) is 2.98. The van der Waals surface area contributed by atoms with Gasteiger partial charge in [-0.15, -0.1) is 11.8 Å². The number of hydrogen-bond acceptors (Lipinski definition) is 4. The van der Waals surface area contributed by atoms with Gasteiger partial charge in [-0.25, -0.2) is 0 Å². The number of carbonyl (C=O) groups excluding carboxylic acids is 3. The minimum Gasteiger partial charge on any atom is -0.325 e. The van der Waals surface area contributed by atoms with Gasteiger partial charge in [-0.05, 0) is 78.7 Å². The highest BCUT2D eigenvalue weighted by Gasteiger charge is 2.20. The molecule has 0 aromatic heterocycles. The number of anilines is 2. The van der Waals surface area contributed by atoms with E-state index in [1.165, 1.54) is 11.8 Å². The molecular weight excluding hydrogens is 657 g/mol. The summed E-state index contributed by atoms with van der Waals surface area (Å²) in [7, 11) is 0. The third-order valence-electron chi connectivity index (χ3n) is 5.91. The van der Waals surface area contributed by atoms with Gasteiger partial charge in [0.05, 0.1) is 15.3 Å². The van der Waals surface area contributed by atoms with Gasteiger partial charge in [-0.2, -0.15) is 0 Å². The summed E-state index contributed by atoms with van der Waals surface area (Å²) in [6.07, 6.45) is 2.18. The molecule has 6 nitrogen and oxygen atoms in total. The molecule has 4 aromatic rings. The van der Waals surface area contributed by atoms with E-state index in [1.807, 2.05) is 43.3 Å². The van der Waals surface area contributed by atoms with Gasteiger partial charge in [-0.1, -0.05) is 82.5 Å². The van der Waals surface area contributed by atoms with Crippen LogP contribution in [0.25, 0.3) is 6.08 Å². The molecule has 4 aromatic carbocycles. The number of amides is 3. The predicted octanol–water partition coefficient (Wildman–Crippen LogP) is 8.67. The van der Waals surface area contributed by atoms with Gasteiger partial charge >= 0.3 is 0 Å². The second-order valence-corrected chi connectivity index (χ2v) is 12.1. The molecule has 0 aliphatic carbocycles. The smallest absolute Gasteiger partial charge is 0.272 e. The first-order chi connectivity index (χ1) is 20.2. The van der Waals surface area contributed by atoms with Crippen molar-refractivity contribution in [3.63, 3.8) is 0 Å². The van der Waals surface area contributed by atoms with E-state index in [2.05, 4.69) is 31.9 Å². The Balaban J connectivity index is 1.50. The fraction of sp³-hybridized carbons (Fsp3) is 0.0938. The van der Waals surface area contributed by atoms with Crippen molar-refractivity contribution in [2.75, 3.05) is 10.6 Å². The van der Waals surface area contributed by atoms with Crippen LogP contribution in [-0.2, 0) is 9.59 Å². The van der Waals surface area contributed by atoms with Crippen LogP contribution in [0.15, 0.2) is 112 Å². The maximum absolute atomic E-state index is 13.4. The molecule has 42 heavy (non-hydrogen) atoms. The first kappa shape index (κ1) is 31.4. The van der Waals surface area contributed by atoms with Crippen LogP contribution < -0.4 is 16.0 Å². The number of carbonyl (C=O) groups is 3. The van der Waals surface area contributed by atoms with E-state index in [-0.39, 0.29) is 11.6 Å². The SMILES string of the molecule is CCC(Sc1cccc(NC(=O)/C(=C\c2cccc(Br)c2)NC(=O)c2ccccc2)c1)C(=O)Nc1ccc(Cl)c(Cl)c1. The molecule has 0 saturated carbocycles. The molecule has 214 valence electrons. The quantitative estimate of drug-likeness (QED) is 0.115. The normalized spacial score (nSPS) is 11.9. The lowest BCUT2D eigenvalue weighted by molar-refractivity contribution is -0.116. The molecule has 0 aliphatic rings. The monoisotopic (exact) mass is 681 g/mol. The Hall–Kier alpha value is -3.56. The number of halogens is 3. The van der Waals surface area contributed by atoms with Crippen LogP contribution in [0.5, 0.6) is 0 Å². The maximum Gasteiger partial charge on any atom is 0.272 e. The highest BCUT2D eigenvalue weighted by atomic mass is 79.9. The fourth-order valence-electron chi connectivity index (χ4n) is 3.83. The molecule has 3 amide bonds. The van der Waals surface area contributed by atoms with Gasteiger partial charge in [0.1, 0.15) is 5.70 Å². The van der Waals surface area contributed by atoms with Gasteiger partial charge in [-0.3, -0.25) is 14.4 Å². The number of rotatable bonds is 10. The largest absolute Gasteiger partial charge is 0.325 e. The van der Waals surface area contributed by atoms with Crippen molar-refractivity contribution in [3.8, 4) is 0 Å². The Labute approximate surface area is 267 Å². The molecule has 3 N–H and O–H groups in total. The Morgan fingerprint density at radius 1 is 0.833 bits per heavy atom. The zero-order valence-corrected chi connectivity index (χ0v) is 26.3. The van der Waals surface area contributed by atoms with E-state index in [0.29, 0.717) is 33.4 Å². The summed E-state index contributed by atoms with van der Waals surface area (Å²) in [5.74, 6) is -1.08. The number of benzene rings is 4. The van der Waals surface area contributed by atoms with E-state index >= 15 is 0 Å².